The fourth-order valence-electron chi connectivity index (χ4n) is 3.49. The van der Waals surface area contributed by atoms with Gasteiger partial charge in [-0.1, -0.05) is 60.7 Å². The summed E-state index contributed by atoms with van der Waals surface area (Å²) in [5.74, 6) is -0.272. The summed E-state index contributed by atoms with van der Waals surface area (Å²) in [6.07, 6.45) is 1.76. The molecule has 2 aromatic carbocycles. The van der Waals surface area contributed by atoms with Gasteiger partial charge in [-0.3, -0.25) is 4.79 Å². The zero-order chi connectivity index (χ0) is 18.4. The smallest absolute Gasteiger partial charge is 0.323 e. The molecule has 4 nitrogen and oxygen atoms in total. The van der Waals surface area contributed by atoms with E-state index in [2.05, 4.69) is 24.3 Å². The summed E-state index contributed by atoms with van der Waals surface area (Å²) in [7, 11) is 0. The fourth-order valence-corrected chi connectivity index (χ4v) is 3.49. The van der Waals surface area contributed by atoms with Gasteiger partial charge in [0.1, 0.15) is 12.1 Å². The zero-order valence-corrected chi connectivity index (χ0v) is 15.2. The number of cyclic esters (lactones) is 1. The molecule has 26 heavy (non-hydrogen) atoms. The predicted molar refractivity (Wildman–Crippen MR) is 102 cm³/mol. The monoisotopic (exact) mass is 353 g/mol. The van der Waals surface area contributed by atoms with Crippen LogP contribution in [0.25, 0.3) is 0 Å². The molecule has 1 aliphatic heterocycles. The molecule has 4 atom stereocenters. The van der Waals surface area contributed by atoms with Gasteiger partial charge in [0.15, 0.2) is 0 Å². The molecule has 0 spiro atoms. The minimum absolute atomic E-state index is 0.0364. The molecule has 2 N–H and O–H groups in total. The normalized spacial score (nSPS) is 27.1. The van der Waals surface area contributed by atoms with Crippen LogP contribution in [0.15, 0.2) is 60.7 Å². The van der Waals surface area contributed by atoms with Crippen molar-refractivity contribution in [1.82, 2.24) is 0 Å². The number of benzene rings is 2. The third-order valence-corrected chi connectivity index (χ3v) is 5.04. The molecular weight excluding hydrogens is 326 g/mol. The van der Waals surface area contributed by atoms with E-state index in [1.54, 1.807) is 0 Å². The average Bonchev–Trinajstić information content (AvgIpc) is 2.70. The summed E-state index contributed by atoms with van der Waals surface area (Å²) in [6.45, 7) is 2.41. The van der Waals surface area contributed by atoms with Crippen molar-refractivity contribution >= 4 is 5.97 Å². The SMILES string of the molecule is C[C@@H]1OC(=O)[C@@H](N)CCO[C@H](Cc2ccccc2)[C@H]1Cc1ccccc1. The number of carbonyl (C=O) groups is 1. The maximum atomic E-state index is 12.2. The quantitative estimate of drug-likeness (QED) is 0.858. The van der Waals surface area contributed by atoms with Gasteiger partial charge in [0.05, 0.1) is 6.10 Å². The van der Waals surface area contributed by atoms with Crippen molar-refractivity contribution in [2.24, 2.45) is 11.7 Å². The Balaban J connectivity index is 1.85. The molecule has 138 valence electrons. The van der Waals surface area contributed by atoms with Crippen LogP contribution in [0.4, 0.5) is 0 Å². The first-order valence-corrected chi connectivity index (χ1v) is 9.29. The Morgan fingerprint density at radius 3 is 2.15 bits per heavy atom. The molecule has 0 aliphatic carbocycles. The molecule has 1 heterocycles. The second kappa shape index (κ2) is 8.97. The van der Waals surface area contributed by atoms with E-state index in [1.165, 1.54) is 11.1 Å². The van der Waals surface area contributed by atoms with Gasteiger partial charge in [-0.25, -0.2) is 0 Å². The number of nitrogens with two attached hydrogens (primary N) is 1. The van der Waals surface area contributed by atoms with Crippen molar-refractivity contribution in [3.8, 4) is 0 Å². The summed E-state index contributed by atoms with van der Waals surface area (Å²) < 4.78 is 11.9. The van der Waals surface area contributed by atoms with Gasteiger partial charge in [-0.15, -0.1) is 0 Å². The number of esters is 1. The van der Waals surface area contributed by atoms with Crippen LogP contribution in [0.5, 0.6) is 0 Å². The number of ether oxygens (including phenoxy) is 2. The van der Waals surface area contributed by atoms with Crippen LogP contribution in [0.3, 0.4) is 0 Å². The van der Waals surface area contributed by atoms with Crippen molar-refractivity contribution in [3.05, 3.63) is 71.8 Å². The van der Waals surface area contributed by atoms with E-state index in [4.69, 9.17) is 15.2 Å². The van der Waals surface area contributed by atoms with Crippen LogP contribution in [-0.4, -0.2) is 30.8 Å². The Hall–Kier alpha value is -2.17. The van der Waals surface area contributed by atoms with Crippen LogP contribution in [-0.2, 0) is 27.1 Å². The molecule has 0 amide bonds. The van der Waals surface area contributed by atoms with Crippen LogP contribution >= 0.6 is 0 Å². The summed E-state index contributed by atoms with van der Waals surface area (Å²) in [5.41, 5.74) is 8.35. The number of hydrogen-bond acceptors (Lipinski definition) is 4. The first-order valence-electron chi connectivity index (χ1n) is 9.29. The van der Waals surface area contributed by atoms with E-state index in [0.29, 0.717) is 13.0 Å². The van der Waals surface area contributed by atoms with E-state index in [-0.39, 0.29) is 24.1 Å². The van der Waals surface area contributed by atoms with Crippen LogP contribution in [0, 0.1) is 5.92 Å². The second-order valence-electron chi connectivity index (χ2n) is 6.99. The van der Waals surface area contributed by atoms with Crippen LogP contribution < -0.4 is 5.73 Å². The average molecular weight is 353 g/mol. The van der Waals surface area contributed by atoms with E-state index < -0.39 is 6.04 Å². The third kappa shape index (κ3) is 4.93. The van der Waals surface area contributed by atoms with Gasteiger partial charge < -0.3 is 15.2 Å². The summed E-state index contributed by atoms with van der Waals surface area (Å²) >= 11 is 0. The molecule has 0 unspecified atom stereocenters. The first-order chi connectivity index (χ1) is 12.6. The van der Waals surface area contributed by atoms with Crippen molar-refractivity contribution in [2.45, 2.75) is 44.4 Å². The molecule has 1 fully saturated rings. The first kappa shape index (κ1) is 18.6. The van der Waals surface area contributed by atoms with Crippen LogP contribution in [0.2, 0.25) is 0 Å². The lowest BCUT2D eigenvalue weighted by Gasteiger charge is -2.31. The predicted octanol–water partition coefficient (Wildman–Crippen LogP) is 3.14. The summed E-state index contributed by atoms with van der Waals surface area (Å²) in [6, 6.07) is 20.0. The fraction of sp³-hybridized carbons (Fsp3) is 0.409. The molecule has 1 aliphatic rings. The third-order valence-electron chi connectivity index (χ3n) is 5.04. The van der Waals surface area contributed by atoms with Gasteiger partial charge in [0.2, 0.25) is 0 Å². The van der Waals surface area contributed by atoms with Crippen molar-refractivity contribution in [2.75, 3.05) is 6.61 Å². The minimum Gasteiger partial charge on any atom is -0.461 e. The van der Waals surface area contributed by atoms with Crippen molar-refractivity contribution < 1.29 is 14.3 Å². The molecular formula is C22H27NO3. The molecule has 3 rings (SSSR count). The van der Waals surface area contributed by atoms with E-state index in [9.17, 15) is 4.79 Å². The Labute approximate surface area is 155 Å². The lowest BCUT2D eigenvalue weighted by Crippen LogP contribution is -2.39. The number of rotatable bonds is 4. The van der Waals surface area contributed by atoms with E-state index in [1.807, 2.05) is 43.3 Å². The highest BCUT2D eigenvalue weighted by Crippen LogP contribution is 2.26. The standard InChI is InChI=1S/C22H27NO3/c1-16-19(14-17-8-4-2-5-9-17)21(15-18-10-6-3-7-11-18)25-13-12-20(23)22(24)26-16/h2-11,16,19-21H,12-15,23H2,1H3/t16-,19-,20-,21+/m0/s1. The molecule has 0 saturated carbocycles. The molecule has 2 aromatic rings. The minimum atomic E-state index is -0.620. The molecule has 0 aromatic heterocycles. The highest BCUT2D eigenvalue weighted by Gasteiger charge is 2.33. The highest BCUT2D eigenvalue weighted by atomic mass is 16.5. The van der Waals surface area contributed by atoms with Crippen molar-refractivity contribution in [1.29, 1.82) is 0 Å². The summed E-state index contributed by atoms with van der Waals surface area (Å²) in [5, 5.41) is 0. The Morgan fingerprint density at radius 1 is 0.962 bits per heavy atom. The van der Waals surface area contributed by atoms with Gasteiger partial charge >= 0.3 is 5.97 Å². The second-order valence-corrected chi connectivity index (χ2v) is 6.99. The molecule has 4 heteroatoms. The Kier molecular flexibility index (Phi) is 6.42. The molecule has 1 saturated heterocycles. The van der Waals surface area contributed by atoms with E-state index in [0.717, 1.165) is 12.8 Å². The lowest BCUT2D eigenvalue weighted by atomic mass is 9.86. The van der Waals surface area contributed by atoms with Gasteiger partial charge in [-0.2, -0.15) is 0 Å². The Morgan fingerprint density at radius 2 is 1.54 bits per heavy atom. The topological polar surface area (TPSA) is 61.5 Å². The maximum absolute atomic E-state index is 12.2. The molecule has 0 bridgehead atoms. The van der Waals surface area contributed by atoms with Gasteiger partial charge in [0.25, 0.3) is 0 Å². The number of carbonyl (C=O) groups excluding carboxylic acids is 1. The number of hydrogen-bond donors (Lipinski definition) is 1. The van der Waals surface area contributed by atoms with E-state index >= 15 is 0 Å². The van der Waals surface area contributed by atoms with Gasteiger partial charge in [-0.05, 0) is 37.3 Å². The van der Waals surface area contributed by atoms with Crippen molar-refractivity contribution in [3.63, 3.8) is 0 Å². The zero-order valence-electron chi connectivity index (χ0n) is 15.2. The lowest BCUT2D eigenvalue weighted by molar-refractivity contribution is -0.153. The maximum Gasteiger partial charge on any atom is 0.323 e. The van der Waals surface area contributed by atoms with Gasteiger partial charge in [0, 0.05) is 12.5 Å². The molecule has 0 radical (unpaired) electrons. The van der Waals surface area contributed by atoms with Crippen LogP contribution in [0.1, 0.15) is 24.5 Å². The summed E-state index contributed by atoms with van der Waals surface area (Å²) in [4.78, 5) is 12.2. The Bertz CT molecular complexity index is 689. The highest BCUT2D eigenvalue weighted by molar-refractivity contribution is 5.75. The largest absolute Gasteiger partial charge is 0.461 e.